The minimum Gasteiger partial charge on any atom is -0.491 e. The molecule has 5 heteroatoms. The zero-order valence-corrected chi connectivity index (χ0v) is 15.9. The second-order valence-electron chi connectivity index (χ2n) is 6.39. The first-order valence-corrected chi connectivity index (χ1v) is 9.01. The van der Waals surface area contributed by atoms with Crippen LogP contribution in [-0.4, -0.2) is 30.0 Å². The number of hydrogen-bond donors (Lipinski definition) is 1. The van der Waals surface area contributed by atoms with E-state index in [1.54, 1.807) is 25.1 Å². The fourth-order valence-corrected chi connectivity index (χ4v) is 2.71. The highest BCUT2D eigenvalue weighted by Crippen LogP contribution is 2.21. The van der Waals surface area contributed by atoms with Gasteiger partial charge in [-0.2, -0.15) is 0 Å². The first kappa shape index (κ1) is 19.9. The first-order chi connectivity index (χ1) is 12.4. The zero-order valence-electron chi connectivity index (χ0n) is 15.9. The zero-order chi connectivity index (χ0) is 19.1. The second-order valence-corrected chi connectivity index (χ2v) is 6.39. The Hall–Kier alpha value is -2.40. The molecule has 1 N–H and O–H groups in total. The van der Waals surface area contributed by atoms with Crippen molar-refractivity contribution >= 4 is 11.6 Å². The van der Waals surface area contributed by atoms with Gasteiger partial charge in [-0.05, 0) is 57.1 Å². The molecule has 0 atom stereocenters. The summed E-state index contributed by atoms with van der Waals surface area (Å²) in [5, 5.41) is 2.71. The van der Waals surface area contributed by atoms with Crippen LogP contribution in [0.1, 0.15) is 43.6 Å². The predicted octanol–water partition coefficient (Wildman–Crippen LogP) is 4.71. The fourth-order valence-electron chi connectivity index (χ4n) is 2.71. The lowest BCUT2D eigenvalue weighted by Crippen LogP contribution is -2.29. The summed E-state index contributed by atoms with van der Waals surface area (Å²) in [5.41, 5.74) is 2.09. The maximum atomic E-state index is 13.9. The van der Waals surface area contributed by atoms with Crippen LogP contribution < -0.4 is 10.1 Å². The molecule has 0 heterocycles. The number of halogens is 1. The van der Waals surface area contributed by atoms with E-state index in [0.29, 0.717) is 23.9 Å². The molecule has 2 rings (SSSR count). The molecule has 0 fully saturated rings. The van der Waals surface area contributed by atoms with E-state index in [-0.39, 0.29) is 11.7 Å². The van der Waals surface area contributed by atoms with Crippen molar-refractivity contribution in [2.75, 3.05) is 18.5 Å². The Labute approximate surface area is 155 Å². The molecule has 0 radical (unpaired) electrons. The van der Waals surface area contributed by atoms with Crippen molar-refractivity contribution in [3.8, 4) is 5.75 Å². The molecular formula is C21H27FN2O2. The quantitative estimate of drug-likeness (QED) is 0.743. The van der Waals surface area contributed by atoms with Gasteiger partial charge in [0.2, 0.25) is 0 Å². The van der Waals surface area contributed by atoms with E-state index in [2.05, 4.69) is 31.0 Å². The SMILES string of the molecule is CCOc1ccc(NC(=O)c2ccc(CN(CC)C(C)C)cc2)cc1F. The van der Waals surface area contributed by atoms with Gasteiger partial charge in [-0.25, -0.2) is 4.39 Å². The van der Waals surface area contributed by atoms with E-state index in [0.717, 1.165) is 18.7 Å². The van der Waals surface area contributed by atoms with Crippen LogP contribution in [0.5, 0.6) is 5.75 Å². The summed E-state index contributed by atoms with van der Waals surface area (Å²) in [5.74, 6) is -0.579. The molecule has 4 nitrogen and oxygen atoms in total. The summed E-state index contributed by atoms with van der Waals surface area (Å²) in [6, 6.07) is 12.4. The number of anilines is 1. The number of nitrogens with one attached hydrogen (secondary N) is 1. The maximum absolute atomic E-state index is 13.9. The third kappa shape index (κ3) is 5.30. The molecule has 0 aliphatic heterocycles. The molecule has 0 spiro atoms. The van der Waals surface area contributed by atoms with Gasteiger partial charge in [0.25, 0.3) is 5.91 Å². The molecule has 0 aromatic heterocycles. The number of carbonyl (C=O) groups is 1. The van der Waals surface area contributed by atoms with E-state index >= 15 is 0 Å². The van der Waals surface area contributed by atoms with Gasteiger partial charge in [0.1, 0.15) is 0 Å². The summed E-state index contributed by atoms with van der Waals surface area (Å²) in [6.07, 6.45) is 0. The monoisotopic (exact) mass is 358 g/mol. The standard InChI is InChI=1S/C21H27FN2O2/c1-5-24(15(3)4)14-16-7-9-17(10-8-16)21(25)23-18-11-12-20(26-6-2)19(22)13-18/h7-13,15H,5-6,14H2,1-4H3,(H,23,25). The van der Waals surface area contributed by atoms with Crippen LogP contribution in [0, 0.1) is 5.82 Å². The van der Waals surface area contributed by atoms with Crippen LogP contribution in [-0.2, 0) is 6.54 Å². The lowest BCUT2D eigenvalue weighted by atomic mass is 10.1. The molecule has 0 saturated heterocycles. The number of carbonyl (C=O) groups excluding carboxylic acids is 1. The van der Waals surface area contributed by atoms with Crippen molar-refractivity contribution < 1.29 is 13.9 Å². The van der Waals surface area contributed by atoms with Gasteiger partial charge >= 0.3 is 0 Å². The van der Waals surface area contributed by atoms with Crippen molar-refractivity contribution in [3.05, 3.63) is 59.4 Å². The molecular weight excluding hydrogens is 331 g/mol. The molecule has 0 aliphatic rings. The molecule has 26 heavy (non-hydrogen) atoms. The minimum atomic E-state index is -0.492. The van der Waals surface area contributed by atoms with E-state index < -0.39 is 5.82 Å². The van der Waals surface area contributed by atoms with Gasteiger partial charge in [0.15, 0.2) is 11.6 Å². The van der Waals surface area contributed by atoms with Crippen molar-refractivity contribution in [1.29, 1.82) is 0 Å². The summed E-state index contributed by atoms with van der Waals surface area (Å²) in [6.45, 7) is 10.5. The highest BCUT2D eigenvalue weighted by atomic mass is 19.1. The molecule has 2 aromatic carbocycles. The number of rotatable bonds is 8. The topological polar surface area (TPSA) is 41.6 Å². The van der Waals surface area contributed by atoms with Gasteiger partial charge in [0, 0.05) is 29.9 Å². The molecule has 140 valence electrons. The molecule has 2 aromatic rings. The van der Waals surface area contributed by atoms with E-state index in [9.17, 15) is 9.18 Å². The van der Waals surface area contributed by atoms with E-state index in [1.165, 1.54) is 12.1 Å². The smallest absolute Gasteiger partial charge is 0.255 e. The van der Waals surface area contributed by atoms with Crippen molar-refractivity contribution in [2.45, 2.75) is 40.3 Å². The normalized spacial score (nSPS) is 11.0. The summed E-state index contributed by atoms with van der Waals surface area (Å²) in [7, 11) is 0. The van der Waals surface area contributed by atoms with Crippen LogP contribution >= 0.6 is 0 Å². The van der Waals surface area contributed by atoms with E-state index in [1.807, 2.05) is 12.1 Å². The third-order valence-corrected chi connectivity index (χ3v) is 4.23. The van der Waals surface area contributed by atoms with Crippen molar-refractivity contribution in [1.82, 2.24) is 4.90 Å². The summed E-state index contributed by atoms with van der Waals surface area (Å²) >= 11 is 0. The number of ether oxygens (including phenoxy) is 1. The highest BCUT2D eigenvalue weighted by molar-refractivity contribution is 6.04. The largest absolute Gasteiger partial charge is 0.491 e. The maximum Gasteiger partial charge on any atom is 0.255 e. The lowest BCUT2D eigenvalue weighted by Gasteiger charge is -2.24. The number of hydrogen-bond acceptors (Lipinski definition) is 3. The molecule has 0 aliphatic carbocycles. The Morgan fingerprint density at radius 2 is 1.85 bits per heavy atom. The molecule has 1 amide bonds. The molecule has 0 saturated carbocycles. The van der Waals surface area contributed by atoms with Crippen molar-refractivity contribution in [3.63, 3.8) is 0 Å². The Morgan fingerprint density at radius 3 is 2.38 bits per heavy atom. The van der Waals surface area contributed by atoms with Gasteiger partial charge in [-0.3, -0.25) is 9.69 Å². The molecule has 0 unspecified atom stereocenters. The number of benzene rings is 2. The highest BCUT2D eigenvalue weighted by Gasteiger charge is 2.11. The minimum absolute atomic E-state index is 0.181. The van der Waals surface area contributed by atoms with Gasteiger partial charge in [0.05, 0.1) is 6.61 Å². The Bertz CT molecular complexity index is 729. The van der Waals surface area contributed by atoms with Crippen LogP contribution in [0.4, 0.5) is 10.1 Å². The lowest BCUT2D eigenvalue weighted by molar-refractivity contribution is 0.102. The van der Waals surface area contributed by atoms with Gasteiger partial charge in [-0.15, -0.1) is 0 Å². The second kappa shape index (κ2) is 9.34. The summed E-state index contributed by atoms with van der Waals surface area (Å²) < 4.78 is 19.0. The first-order valence-electron chi connectivity index (χ1n) is 9.01. The van der Waals surface area contributed by atoms with Gasteiger partial charge in [-0.1, -0.05) is 19.1 Å². The molecule has 0 bridgehead atoms. The average molecular weight is 358 g/mol. The Kier molecular flexibility index (Phi) is 7.16. The van der Waals surface area contributed by atoms with Crippen LogP contribution in [0.25, 0.3) is 0 Å². The Balaban J connectivity index is 2.02. The fraction of sp³-hybridized carbons (Fsp3) is 0.381. The predicted molar refractivity (Wildman–Crippen MR) is 103 cm³/mol. The van der Waals surface area contributed by atoms with Crippen LogP contribution in [0.3, 0.4) is 0 Å². The van der Waals surface area contributed by atoms with Gasteiger partial charge < -0.3 is 10.1 Å². The third-order valence-electron chi connectivity index (χ3n) is 4.23. The average Bonchev–Trinajstić information content (AvgIpc) is 2.62. The van der Waals surface area contributed by atoms with Crippen LogP contribution in [0.2, 0.25) is 0 Å². The number of amides is 1. The summed E-state index contributed by atoms with van der Waals surface area (Å²) in [4.78, 5) is 14.7. The van der Waals surface area contributed by atoms with Crippen molar-refractivity contribution in [2.24, 2.45) is 0 Å². The number of nitrogens with zero attached hydrogens (tertiary/aromatic N) is 1. The van der Waals surface area contributed by atoms with Crippen LogP contribution in [0.15, 0.2) is 42.5 Å². The Morgan fingerprint density at radius 1 is 1.15 bits per heavy atom. The van der Waals surface area contributed by atoms with E-state index in [4.69, 9.17) is 4.74 Å².